The van der Waals surface area contributed by atoms with Crippen LogP contribution in [0, 0.1) is 17.0 Å². The molecule has 0 bridgehead atoms. The van der Waals surface area contributed by atoms with E-state index in [0.717, 1.165) is 0 Å². The van der Waals surface area contributed by atoms with Crippen LogP contribution in [-0.2, 0) is 4.74 Å². The Kier molecular flexibility index (Phi) is 6.30. The van der Waals surface area contributed by atoms with Gasteiger partial charge >= 0.3 is 57.4 Å². The van der Waals surface area contributed by atoms with Crippen molar-refractivity contribution in [3.63, 3.8) is 0 Å². The van der Waals surface area contributed by atoms with Crippen LogP contribution in [0.1, 0.15) is 24.5 Å². The monoisotopic (exact) mass is 238 g/mol. The molecular formula is C8H11KN2O4. The molecule has 1 aromatic rings. The zero-order chi connectivity index (χ0) is 10.7. The average molecular weight is 238 g/mol. The van der Waals surface area contributed by atoms with Crippen molar-refractivity contribution in [1.29, 1.82) is 0 Å². The Labute approximate surface area is 130 Å². The molecule has 0 aromatic carbocycles. The van der Waals surface area contributed by atoms with Crippen molar-refractivity contribution < 1.29 is 67.3 Å². The average Bonchev–Trinajstić information content (AvgIpc) is 2.48. The van der Waals surface area contributed by atoms with Gasteiger partial charge in [0.15, 0.2) is 0 Å². The van der Waals surface area contributed by atoms with Crippen LogP contribution in [0.5, 0.6) is 0 Å². The van der Waals surface area contributed by atoms with E-state index in [0.29, 0.717) is 5.69 Å². The zero-order valence-corrected chi connectivity index (χ0v) is 12.0. The molecule has 15 heavy (non-hydrogen) atoms. The molecule has 0 unspecified atom stereocenters. The number of esters is 1. The van der Waals surface area contributed by atoms with Gasteiger partial charge in [0.2, 0.25) is 0 Å². The third kappa shape index (κ3) is 3.69. The Balaban J connectivity index is 0. The summed E-state index contributed by atoms with van der Waals surface area (Å²) in [5.74, 6) is -0.580. The summed E-state index contributed by atoms with van der Waals surface area (Å²) in [7, 11) is 0. The number of carbonyl (C=O) groups is 1. The molecular weight excluding hydrogens is 227 g/mol. The molecule has 0 atom stereocenters. The van der Waals surface area contributed by atoms with E-state index in [1.54, 1.807) is 6.92 Å². The van der Waals surface area contributed by atoms with Gasteiger partial charge in [0.05, 0.1) is 17.2 Å². The molecule has 0 aliphatic carbocycles. The minimum Gasteiger partial charge on any atom is -1.00 e. The molecule has 1 rings (SSSR count). The summed E-state index contributed by atoms with van der Waals surface area (Å²) < 4.78 is 4.68. The van der Waals surface area contributed by atoms with E-state index in [9.17, 15) is 14.9 Å². The molecule has 1 N–H and O–H groups in total. The van der Waals surface area contributed by atoms with Crippen LogP contribution < -0.4 is 51.4 Å². The molecule has 0 saturated carbocycles. The number of aromatic nitrogens is 1. The van der Waals surface area contributed by atoms with Gasteiger partial charge in [-0.25, -0.2) is 4.79 Å². The third-order valence-corrected chi connectivity index (χ3v) is 1.68. The Bertz CT molecular complexity index is 380. The van der Waals surface area contributed by atoms with Gasteiger partial charge in [-0.2, -0.15) is 0 Å². The van der Waals surface area contributed by atoms with Crippen LogP contribution in [0.25, 0.3) is 0 Å². The molecule has 78 valence electrons. The summed E-state index contributed by atoms with van der Waals surface area (Å²) in [5.41, 5.74) is 0.349. The van der Waals surface area contributed by atoms with Crippen molar-refractivity contribution in [3.05, 3.63) is 27.6 Å². The van der Waals surface area contributed by atoms with Crippen LogP contribution in [0.2, 0.25) is 0 Å². The van der Waals surface area contributed by atoms with Crippen LogP contribution in [0.3, 0.4) is 0 Å². The quantitative estimate of drug-likeness (QED) is 0.301. The molecule has 6 nitrogen and oxygen atoms in total. The van der Waals surface area contributed by atoms with Crippen LogP contribution >= 0.6 is 0 Å². The van der Waals surface area contributed by atoms with Crippen LogP contribution in [0.4, 0.5) is 5.69 Å². The third-order valence-electron chi connectivity index (χ3n) is 1.68. The Morgan fingerprint density at radius 3 is 2.73 bits per heavy atom. The molecule has 0 spiro atoms. The molecule has 0 amide bonds. The smallest absolute Gasteiger partial charge is 1.00 e. The number of nitro groups is 1. The SMILES string of the molecule is CCOC(=O)c1cc([N+](=O)[O-])c(C)[nH]1.[H-].[K+]. The first-order valence-electron chi connectivity index (χ1n) is 4.07. The van der Waals surface area contributed by atoms with E-state index in [2.05, 4.69) is 9.72 Å². The summed E-state index contributed by atoms with van der Waals surface area (Å²) in [4.78, 5) is 23.7. The van der Waals surface area contributed by atoms with Gasteiger partial charge in [-0.05, 0) is 13.8 Å². The molecule has 0 radical (unpaired) electrons. The number of nitrogens with one attached hydrogen (secondary N) is 1. The van der Waals surface area contributed by atoms with E-state index in [4.69, 9.17) is 0 Å². The van der Waals surface area contributed by atoms with Gasteiger partial charge < -0.3 is 11.1 Å². The summed E-state index contributed by atoms with van der Waals surface area (Å²) >= 11 is 0. The van der Waals surface area contributed by atoms with Crippen molar-refractivity contribution in [2.75, 3.05) is 6.61 Å². The van der Waals surface area contributed by atoms with Crippen molar-refractivity contribution in [2.24, 2.45) is 0 Å². The second kappa shape index (κ2) is 6.39. The number of hydrogen-bond donors (Lipinski definition) is 1. The van der Waals surface area contributed by atoms with Crippen molar-refractivity contribution in [3.8, 4) is 0 Å². The van der Waals surface area contributed by atoms with E-state index in [1.165, 1.54) is 13.0 Å². The molecule has 0 saturated heterocycles. The fourth-order valence-corrected chi connectivity index (χ4v) is 1.06. The first-order chi connectivity index (χ1) is 6.56. The summed E-state index contributed by atoms with van der Waals surface area (Å²) in [6.45, 7) is 3.44. The van der Waals surface area contributed by atoms with E-state index >= 15 is 0 Å². The first kappa shape index (κ1) is 14.8. The minimum atomic E-state index is -0.580. The second-order valence-electron chi connectivity index (χ2n) is 2.67. The molecule has 0 fully saturated rings. The Morgan fingerprint density at radius 1 is 1.73 bits per heavy atom. The van der Waals surface area contributed by atoms with Gasteiger partial charge in [0, 0.05) is 6.07 Å². The number of ether oxygens (including phenoxy) is 1. The summed E-state index contributed by atoms with van der Waals surface area (Å²) in [6, 6.07) is 1.17. The maximum absolute atomic E-state index is 11.2. The normalized spacial score (nSPS) is 9.20. The van der Waals surface area contributed by atoms with Gasteiger partial charge in [-0.3, -0.25) is 10.1 Å². The molecule has 1 heterocycles. The number of nitrogens with zero attached hydrogens (tertiary/aromatic N) is 1. The maximum atomic E-state index is 11.2. The number of carbonyl (C=O) groups excluding carboxylic acids is 1. The number of H-pyrrole nitrogens is 1. The number of aromatic amines is 1. The Morgan fingerprint density at radius 2 is 2.33 bits per heavy atom. The zero-order valence-electron chi connectivity index (χ0n) is 9.86. The Hall–Kier alpha value is -0.214. The summed E-state index contributed by atoms with van der Waals surface area (Å²) in [5, 5.41) is 10.4. The standard InChI is InChI=1S/C8H10N2O4.K.H/c1-3-14-8(11)6-4-7(10(12)13)5(2)9-6;;/h4,9H,3H2,1-2H3;;/q;+1;-1. The molecule has 1 aromatic heterocycles. The molecule has 0 aliphatic heterocycles. The summed E-state index contributed by atoms with van der Waals surface area (Å²) in [6.07, 6.45) is 0. The second-order valence-corrected chi connectivity index (χ2v) is 2.67. The fourth-order valence-electron chi connectivity index (χ4n) is 1.06. The largest absolute Gasteiger partial charge is 1.00 e. The fraction of sp³-hybridized carbons (Fsp3) is 0.375. The van der Waals surface area contributed by atoms with E-state index in [-0.39, 0.29) is 70.8 Å². The predicted octanol–water partition coefficient (Wildman–Crippen LogP) is -1.48. The maximum Gasteiger partial charge on any atom is 1.00 e. The molecule has 0 aliphatic rings. The van der Waals surface area contributed by atoms with Gasteiger partial charge in [0.25, 0.3) is 5.69 Å². The van der Waals surface area contributed by atoms with Crippen LogP contribution in [-0.4, -0.2) is 22.5 Å². The number of hydrogen-bond acceptors (Lipinski definition) is 4. The van der Waals surface area contributed by atoms with E-state index < -0.39 is 10.9 Å². The van der Waals surface area contributed by atoms with Crippen LogP contribution in [0.15, 0.2) is 6.07 Å². The van der Waals surface area contributed by atoms with Gasteiger partial charge in [-0.1, -0.05) is 0 Å². The molecule has 7 heteroatoms. The van der Waals surface area contributed by atoms with Gasteiger partial charge in [0.1, 0.15) is 5.69 Å². The number of aryl methyl sites for hydroxylation is 1. The van der Waals surface area contributed by atoms with Crippen molar-refractivity contribution in [2.45, 2.75) is 13.8 Å². The van der Waals surface area contributed by atoms with Gasteiger partial charge in [-0.15, -0.1) is 0 Å². The predicted molar refractivity (Wildman–Crippen MR) is 49.3 cm³/mol. The van der Waals surface area contributed by atoms with E-state index in [1.807, 2.05) is 0 Å². The minimum absolute atomic E-state index is 0. The number of rotatable bonds is 3. The van der Waals surface area contributed by atoms with Crippen molar-refractivity contribution >= 4 is 11.7 Å². The topological polar surface area (TPSA) is 85.2 Å². The first-order valence-corrected chi connectivity index (χ1v) is 4.07. The van der Waals surface area contributed by atoms with Crippen molar-refractivity contribution in [1.82, 2.24) is 4.98 Å².